The molecule has 0 saturated heterocycles. The van der Waals surface area contributed by atoms with Crippen LogP contribution in [0.1, 0.15) is 0 Å². The second-order valence-electron chi connectivity index (χ2n) is 4.22. The summed E-state index contributed by atoms with van der Waals surface area (Å²) in [5.74, 6) is 0.192. The summed E-state index contributed by atoms with van der Waals surface area (Å²) in [5.41, 5.74) is 0. The Bertz CT molecular complexity index is 706. The second-order valence-corrected chi connectivity index (χ2v) is 4.22. The molecule has 2 aromatic rings. The van der Waals surface area contributed by atoms with E-state index in [2.05, 4.69) is 0 Å². The first-order valence-corrected chi connectivity index (χ1v) is 6.35. The Labute approximate surface area is 118 Å². The zero-order chi connectivity index (χ0) is 14.2. The maximum Gasteiger partial charge on any atom is 0.123 e. The normalized spacial score (nSPS) is 9.40. The van der Waals surface area contributed by atoms with Gasteiger partial charge in [0, 0.05) is 5.39 Å². The average molecular weight is 264 g/mol. The molecule has 0 aliphatic carbocycles. The fourth-order valence-electron chi connectivity index (χ4n) is 1.76. The van der Waals surface area contributed by atoms with E-state index in [1.807, 2.05) is 60.7 Å². The molecule has 2 nitrogen and oxygen atoms in total. The smallest absolute Gasteiger partial charge is 0.123 e. The van der Waals surface area contributed by atoms with Crippen LogP contribution < -0.4 is 0 Å². The summed E-state index contributed by atoms with van der Waals surface area (Å²) < 4.78 is 0. The molecule has 2 N–H and O–H groups in total. The van der Waals surface area contributed by atoms with Gasteiger partial charge in [-0.3, -0.25) is 0 Å². The van der Waals surface area contributed by atoms with Gasteiger partial charge in [0.15, 0.2) is 0 Å². The first kappa shape index (κ1) is 13.7. The summed E-state index contributed by atoms with van der Waals surface area (Å²) in [7, 11) is 0. The lowest BCUT2D eigenvalue weighted by atomic mass is 10.2. The molecule has 0 bridgehead atoms. The molecule has 0 unspecified atom stereocenters. The molecule has 100 valence electrons. The number of hydrogen-bond donors (Lipinski definition) is 2. The van der Waals surface area contributed by atoms with Crippen LogP contribution in [-0.2, 0) is 0 Å². The monoisotopic (exact) mass is 264 g/mol. The first-order valence-electron chi connectivity index (χ1n) is 6.35. The number of fused-ring (bicyclic) bond motifs is 1. The molecule has 2 aromatic carbocycles. The van der Waals surface area contributed by atoms with Crippen LogP contribution in [0.4, 0.5) is 0 Å². The average Bonchev–Trinajstić information content (AvgIpc) is 2.46. The highest BCUT2D eigenvalue weighted by Crippen LogP contribution is 2.20. The van der Waals surface area contributed by atoms with Crippen molar-refractivity contribution in [2.24, 2.45) is 0 Å². The van der Waals surface area contributed by atoms with Crippen LogP contribution in [0.15, 0.2) is 84.9 Å². The predicted molar refractivity (Wildman–Crippen MR) is 82.5 cm³/mol. The Kier molecular flexibility index (Phi) is 4.79. The second kappa shape index (κ2) is 7.00. The SMILES string of the molecule is Oc1ccccc2ccccccccc2c(O)cc1. The zero-order valence-electron chi connectivity index (χ0n) is 11.0. The lowest BCUT2D eigenvalue weighted by Gasteiger charge is -1.94. The van der Waals surface area contributed by atoms with Gasteiger partial charge in [-0.05, 0) is 23.6 Å². The van der Waals surface area contributed by atoms with E-state index in [0.717, 1.165) is 5.39 Å². The molecular weight excluding hydrogens is 248 g/mol. The molecule has 0 saturated carbocycles. The summed E-state index contributed by atoms with van der Waals surface area (Å²) in [6.07, 6.45) is 0. The van der Waals surface area contributed by atoms with E-state index in [1.165, 1.54) is 12.1 Å². The van der Waals surface area contributed by atoms with Crippen LogP contribution in [0.25, 0.3) is 10.8 Å². The van der Waals surface area contributed by atoms with Gasteiger partial charge in [-0.25, -0.2) is 0 Å². The highest BCUT2D eigenvalue weighted by atomic mass is 16.3. The maximum absolute atomic E-state index is 10.2. The largest absolute Gasteiger partial charge is 0.508 e. The van der Waals surface area contributed by atoms with Gasteiger partial charge in [0.2, 0.25) is 0 Å². The molecular formula is C18H16O2. The van der Waals surface area contributed by atoms with Crippen molar-refractivity contribution in [1.82, 2.24) is 0 Å². The van der Waals surface area contributed by atoms with E-state index in [4.69, 9.17) is 0 Å². The van der Waals surface area contributed by atoms with Crippen LogP contribution in [0.2, 0.25) is 0 Å². The van der Waals surface area contributed by atoms with E-state index in [9.17, 15) is 10.2 Å². The van der Waals surface area contributed by atoms with Crippen LogP contribution in [0.3, 0.4) is 0 Å². The van der Waals surface area contributed by atoms with Crippen LogP contribution >= 0.6 is 0 Å². The Hall–Kier alpha value is -2.74. The third-order valence-corrected chi connectivity index (χ3v) is 2.75. The first-order chi connectivity index (χ1) is 9.77. The molecule has 0 aliphatic rings. The van der Waals surface area contributed by atoms with E-state index in [0.29, 0.717) is 5.39 Å². The lowest BCUT2D eigenvalue weighted by molar-refractivity contribution is 0.470. The van der Waals surface area contributed by atoms with E-state index in [-0.39, 0.29) is 11.5 Å². The Morgan fingerprint density at radius 2 is 1.05 bits per heavy atom. The molecule has 0 spiro atoms. The number of rotatable bonds is 0. The summed E-state index contributed by atoms with van der Waals surface area (Å²) >= 11 is 0. The third-order valence-electron chi connectivity index (χ3n) is 2.75. The van der Waals surface area contributed by atoms with Gasteiger partial charge in [0.05, 0.1) is 0 Å². The van der Waals surface area contributed by atoms with Crippen molar-refractivity contribution in [3.8, 4) is 11.5 Å². The van der Waals surface area contributed by atoms with Crippen molar-refractivity contribution >= 4 is 10.8 Å². The van der Waals surface area contributed by atoms with Crippen molar-refractivity contribution in [3.05, 3.63) is 84.9 Å². The van der Waals surface area contributed by atoms with E-state index < -0.39 is 0 Å². The standard InChI is InChI=1S/C18H16O2/c19-16-11-8-7-10-15-9-5-3-1-2-4-6-12-17(15)18(20)14-13-16/h1-14,19-20H. The van der Waals surface area contributed by atoms with Gasteiger partial charge in [-0.15, -0.1) is 0 Å². The minimum Gasteiger partial charge on any atom is -0.508 e. The van der Waals surface area contributed by atoms with Gasteiger partial charge in [-0.1, -0.05) is 66.7 Å². The molecule has 2 rings (SSSR count). The van der Waals surface area contributed by atoms with Crippen LogP contribution in [0, 0.1) is 0 Å². The molecule has 20 heavy (non-hydrogen) atoms. The topological polar surface area (TPSA) is 40.5 Å². The van der Waals surface area contributed by atoms with Gasteiger partial charge < -0.3 is 10.2 Å². The van der Waals surface area contributed by atoms with Crippen LogP contribution in [-0.4, -0.2) is 10.2 Å². The Morgan fingerprint density at radius 3 is 1.80 bits per heavy atom. The number of aromatic hydroxyl groups is 2. The fraction of sp³-hybridized carbons (Fsp3) is 0. The summed E-state index contributed by atoms with van der Waals surface area (Å²) in [6.45, 7) is 0. The fourth-order valence-corrected chi connectivity index (χ4v) is 1.76. The van der Waals surface area contributed by atoms with Crippen LogP contribution in [0.5, 0.6) is 11.5 Å². The highest BCUT2D eigenvalue weighted by Gasteiger charge is 1.91. The van der Waals surface area contributed by atoms with Crippen molar-refractivity contribution in [3.63, 3.8) is 0 Å². The van der Waals surface area contributed by atoms with Crippen molar-refractivity contribution in [1.29, 1.82) is 0 Å². The lowest BCUT2D eigenvalue weighted by Crippen LogP contribution is -1.67. The Balaban J connectivity index is 2.92. The molecule has 0 fully saturated rings. The summed E-state index contributed by atoms with van der Waals surface area (Å²) in [4.78, 5) is 0. The van der Waals surface area contributed by atoms with Gasteiger partial charge >= 0.3 is 0 Å². The molecule has 0 atom stereocenters. The molecule has 0 heterocycles. The van der Waals surface area contributed by atoms with Gasteiger partial charge in [-0.2, -0.15) is 0 Å². The summed E-state index contributed by atoms with van der Waals surface area (Å²) in [5, 5.41) is 21.3. The third kappa shape index (κ3) is 3.89. The number of hydrogen-bond acceptors (Lipinski definition) is 2. The van der Waals surface area contributed by atoms with E-state index in [1.54, 1.807) is 12.1 Å². The minimum atomic E-state index is 0.0902. The highest BCUT2D eigenvalue weighted by molar-refractivity contribution is 5.85. The van der Waals surface area contributed by atoms with Gasteiger partial charge in [0.25, 0.3) is 0 Å². The van der Waals surface area contributed by atoms with Crippen molar-refractivity contribution < 1.29 is 10.2 Å². The molecule has 0 aromatic heterocycles. The molecule has 0 radical (unpaired) electrons. The van der Waals surface area contributed by atoms with Crippen molar-refractivity contribution in [2.45, 2.75) is 0 Å². The van der Waals surface area contributed by atoms with E-state index >= 15 is 0 Å². The molecule has 0 aliphatic heterocycles. The predicted octanol–water partition coefficient (Wildman–Crippen LogP) is 4.50. The summed E-state index contributed by atoms with van der Waals surface area (Å²) in [6, 6.07) is 25.2. The maximum atomic E-state index is 10.2. The Morgan fingerprint density at radius 1 is 0.500 bits per heavy atom. The zero-order valence-corrected chi connectivity index (χ0v) is 11.0. The quantitative estimate of drug-likeness (QED) is 0.735. The molecule has 2 heteroatoms. The molecule has 0 amide bonds. The van der Waals surface area contributed by atoms with Gasteiger partial charge in [0.1, 0.15) is 11.5 Å². The van der Waals surface area contributed by atoms with Crippen molar-refractivity contribution in [2.75, 3.05) is 0 Å². The minimum absolute atomic E-state index is 0.0902.